The van der Waals surface area contributed by atoms with Crippen LogP contribution in [0.3, 0.4) is 0 Å². The smallest absolute Gasteiger partial charge is 0.253 e. The van der Waals surface area contributed by atoms with Crippen LogP contribution in [0.5, 0.6) is 0 Å². The summed E-state index contributed by atoms with van der Waals surface area (Å²) in [6.07, 6.45) is 5.00. The number of amides is 2. The van der Waals surface area contributed by atoms with Crippen molar-refractivity contribution in [2.75, 3.05) is 25.0 Å². The first-order valence-electron chi connectivity index (χ1n) is 9.09. The van der Waals surface area contributed by atoms with E-state index >= 15 is 0 Å². The Morgan fingerprint density at radius 3 is 2.28 bits per heavy atom. The third kappa shape index (κ3) is 6.33. The van der Waals surface area contributed by atoms with Gasteiger partial charge in [-0.15, -0.1) is 12.4 Å². The number of nitrogens with zero attached hydrogens (tertiary/aromatic N) is 1. The normalized spacial score (nSPS) is 16.6. The molecule has 0 radical (unpaired) electrons. The molecule has 1 saturated heterocycles. The van der Waals surface area contributed by atoms with E-state index in [-0.39, 0.29) is 30.3 Å². The summed E-state index contributed by atoms with van der Waals surface area (Å²) in [5, 5.41) is 6.17. The molecule has 0 spiro atoms. The number of hydrogen-bond donors (Lipinski definition) is 2. The number of halogens is 1. The van der Waals surface area contributed by atoms with Crippen molar-refractivity contribution < 1.29 is 9.59 Å². The molecule has 140 valence electrons. The standard InChI is InChI=1S/C19H29N3O2.ClH/c1-3-13-22(14-4-2)19(24)15-8-10-16(11-9-15)21-18(23)17-7-5-6-12-20-17;/h8-11,17,20H,3-7,12-14H2,1-2H3,(H,21,23);1H. The van der Waals surface area contributed by atoms with Crippen LogP contribution < -0.4 is 10.6 Å². The van der Waals surface area contributed by atoms with Gasteiger partial charge in [0.1, 0.15) is 0 Å². The molecule has 6 heteroatoms. The quantitative estimate of drug-likeness (QED) is 0.775. The fourth-order valence-corrected chi connectivity index (χ4v) is 3.04. The van der Waals surface area contributed by atoms with Crippen LogP contribution in [0.4, 0.5) is 5.69 Å². The van der Waals surface area contributed by atoms with Gasteiger partial charge >= 0.3 is 0 Å². The van der Waals surface area contributed by atoms with Crippen LogP contribution in [0.2, 0.25) is 0 Å². The molecule has 0 aliphatic carbocycles. The Morgan fingerprint density at radius 1 is 1.12 bits per heavy atom. The van der Waals surface area contributed by atoms with Gasteiger partial charge in [0, 0.05) is 24.3 Å². The van der Waals surface area contributed by atoms with Crippen molar-refractivity contribution in [3.05, 3.63) is 29.8 Å². The predicted molar refractivity (Wildman–Crippen MR) is 104 cm³/mol. The van der Waals surface area contributed by atoms with Crippen molar-refractivity contribution in [3.63, 3.8) is 0 Å². The van der Waals surface area contributed by atoms with Crippen molar-refractivity contribution in [2.45, 2.75) is 52.0 Å². The van der Waals surface area contributed by atoms with E-state index in [2.05, 4.69) is 24.5 Å². The molecule has 2 amide bonds. The second-order valence-electron chi connectivity index (χ2n) is 6.36. The van der Waals surface area contributed by atoms with E-state index in [1.807, 2.05) is 17.0 Å². The Kier molecular flexibility index (Phi) is 9.53. The van der Waals surface area contributed by atoms with E-state index in [0.717, 1.165) is 57.4 Å². The summed E-state index contributed by atoms with van der Waals surface area (Å²) >= 11 is 0. The Balaban J connectivity index is 0.00000312. The molecule has 1 unspecified atom stereocenters. The van der Waals surface area contributed by atoms with Gasteiger partial charge in [-0.3, -0.25) is 9.59 Å². The SMILES string of the molecule is CCCN(CCC)C(=O)c1ccc(NC(=O)C2CCCCN2)cc1.Cl. The molecule has 0 aromatic heterocycles. The van der Waals surface area contributed by atoms with Gasteiger partial charge in [0.15, 0.2) is 0 Å². The highest BCUT2D eigenvalue weighted by Gasteiger charge is 2.20. The first-order chi connectivity index (χ1) is 11.7. The molecule has 2 N–H and O–H groups in total. The lowest BCUT2D eigenvalue weighted by molar-refractivity contribution is -0.118. The molecular weight excluding hydrogens is 338 g/mol. The maximum absolute atomic E-state index is 12.5. The summed E-state index contributed by atoms with van der Waals surface area (Å²) in [4.78, 5) is 26.6. The fraction of sp³-hybridized carbons (Fsp3) is 0.579. The minimum Gasteiger partial charge on any atom is -0.339 e. The summed E-state index contributed by atoms with van der Waals surface area (Å²) in [5.74, 6) is 0.0675. The van der Waals surface area contributed by atoms with Crippen molar-refractivity contribution in [2.24, 2.45) is 0 Å². The zero-order chi connectivity index (χ0) is 17.4. The van der Waals surface area contributed by atoms with Crippen LogP contribution in [0.25, 0.3) is 0 Å². The highest BCUT2D eigenvalue weighted by Crippen LogP contribution is 2.14. The molecule has 1 atom stereocenters. The lowest BCUT2D eigenvalue weighted by Crippen LogP contribution is -2.43. The summed E-state index contributed by atoms with van der Waals surface area (Å²) < 4.78 is 0. The molecule has 0 saturated carbocycles. The molecule has 1 fully saturated rings. The molecule has 0 bridgehead atoms. The zero-order valence-electron chi connectivity index (χ0n) is 15.2. The average molecular weight is 368 g/mol. The molecule has 1 aliphatic heterocycles. The van der Waals surface area contributed by atoms with Crippen molar-refractivity contribution in [3.8, 4) is 0 Å². The third-order valence-electron chi connectivity index (χ3n) is 4.30. The van der Waals surface area contributed by atoms with E-state index in [9.17, 15) is 9.59 Å². The van der Waals surface area contributed by atoms with E-state index in [4.69, 9.17) is 0 Å². The summed E-state index contributed by atoms with van der Waals surface area (Å²) in [6, 6.07) is 7.10. The monoisotopic (exact) mass is 367 g/mol. The van der Waals surface area contributed by atoms with Crippen LogP contribution in [-0.2, 0) is 4.79 Å². The van der Waals surface area contributed by atoms with Crippen molar-refractivity contribution >= 4 is 29.9 Å². The van der Waals surface area contributed by atoms with E-state index < -0.39 is 0 Å². The maximum atomic E-state index is 12.5. The van der Waals surface area contributed by atoms with Gasteiger partial charge < -0.3 is 15.5 Å². The third-order valence-corrected chi connectivity index (χ3v) is 4.30. The van der Waals surface area contributed by atoms with Crippen LogP contribution >= 0.6 is 12.4 Å². The fourth-order valence-electron chi connectivity index (χ4n) is 3.04. The Labute approximate surface area is 157 Å². The lowest BCUT2D eigenvalue weighted by Gasteiger charge is -2.23. The highest BCUT2D eigenvalue weighted by atomic mass is 35.5. The van der Waals surface area contributed by atoms with Crippen molar-refractivity contribution in [1.82, 2.24) is 10.2 Å². The summed E-state index contributed by atoms with van der Waals surface area (Å²) in [6.45, 7) is 6.61. The first-order valence-corrected chi connectivity index (χ1v) is 9.09. The number of piperidine rings is 1. The van der Waals surface area contributed by atoms with Gasteiger partial charge in [0.25, 0.3) is 5.91 Å². The topological polar surface area (TPSA) is 61.4 Å². The second-order valence-corrected chi connectivity index (χ2v) is 6.36. The van der Waals surface area contributed by atoms with E-state index in [0.29, 0.717) is 5.56 Å². The first kappa shape index (κ1) is 21.5. The summed E-state index contributed by atoms with van der Waals surface area (Å²) in [7, 11) is 0. The van der Waals surface area contributed by atoms with Crippen LogP contribution in [0, 0.1) is 0 Å². The number of carbonyl (C=O) groups is 2. The van der Waals surface area contributed by atoms with Gasteiger partial charge in [-0.2, -0.15) is 0 Å². The van der Waals surface area contributed by atoms with E-state index in [1.54, 1.807) is 12.1 Å². The van der Waals surface area contributed by atoms with Crippen LogP contribution in [-0.4, -0.2) is 42.4 Å². The predicted octanol–water partition coefficient (Wildman–Crippen LogP) is 3.45. The number of benzene rings is 1. The van der Waals surface area contributed by atoms with Gasteiger partial charge in [0.2, 0.25) is 5.91 Å². The molecule has 1 heterocycles. The number of anilines is 1. The average Bonchev–Trinajstić information content (AvgIpc) is 2.62. The summed E-state index contributed by atoms with van der Waals surface area (Å²) in [5.41, 5.74) is 1.41. The lowest BCUT2D eigenvalue weighted by atomic mass is 10.0. The maximum Gasteiger partial charge on any atom is 0.253 e. The molecule has 25 heavy (non-hydrogen) atoms. The highest BCUT2D eigenvalue weighted by molar-refractivity contribution is 5.97. The van der Waals surface area contributed by atoms with Gasteiger partial charge in [-0.25, -0.2) is 0 Å². The second kappa shape index (κ2) is 11.1. The molecule has 5 nitrogen and oxygen atoms in total. The Morgan fingerprint density at radius 2 is 1.76 bits per heavy atom. The van der Waals surface area contributed by atoms with Gasteiger partial charge in [-0.05, 0) is 56.5 Å². The largest absolute Gasteiger partial charge is 0.339 e. The Hall–Kier alpha value is -1.59. The molecular formula is C19H30ClN3O2. The van der Waals surface area contributed by atoms with E-state index in [1.165, 1.54) is 0 Å². The molecule has 1 aliphatic rings. The zero-order valence-corrected chi connectivity index (χ0v) is 16.0. The molecule has 2 rings (SSSR count). The van der Waals surface area contributed by atoms with Gasteiger partial charge in [-0.1, -0.05) is 20.3 Å². The number of nitrogens with one attached hydrogen (secondary N) is 2. The van der Waals surface area contributed by atoms with Crippen LogP contribution in [0.15, 0.2) is 24.3 Å². The minimum absolute atomic E-state index is 0. The van der Waals surface area contributed by atoms with Gasteiger partial charge in [0.05, 0.1) is 6.04 Å². The number of rotatable bonds is 7. The minimum atomic E-state index is -0.107. The van der Waals surface area contributed by atoms with Crippen LogP contribution in [0.1, 0.15) is 56.3 Å². The number of carbonyl (C=O) groups excluding carboxylic acids is 2. The molecule has 1 aromatic rings. The molecule has 1 aromatic carbocycles. The Bertz CT molecular complexity index is 536. The van der Waals surface area contributed by atoms with Crippen molar-refractivity contribution in [1.29, 1.82) is 0 Å². The number of hydrogen-bond acceptors (Lipinski definition) is 3.